The Morgan fingerprint density at radius 1 is 1.19 bits per heavy atom. The van der Waals surface area contributed by atoms with Crippen LogP contribution in [0.4, 0.5) is 5.69 Å². The normalized spacial score (nSPS) is 16.7. The molecule has 0 aliphatic carbocycles. The molecule has 0 aromatic heterocycles. The van der Waals surface area contributed by atoms with E-state index >= 15 is 0 Å². The molecule has 1 aliphatic heterocycles. The molecule has 1 amide bonds. The zero-order valence-corrected chi connectivity index (χ0v) is 16.9. The van der Waals surface area contributed by atoms with Gasteiger partial charge in [-0.25, -0.2) is 4.99 Å². The van der Waals surface area contributed by atoms with Crippen LogP contribution in [0.5, 0.6) is 11.5 Å². The molecule has 1 aliphatic rings. The van der Waals surface area contributed by atoms with Crippen LogP contribution in [0.15, 0.2) is 46.3 Å². The summed E-state index contributed by atoms with van der Waals surface area (Å²) < 4.78 is 10.5. The van der Waals surface area contributed by atoms with E-state index in [9.17, 15) is 4.79 Å². The van der Waals surface area contributed by atoms with Crippen LogP contribution in [-0.2, 0) is 4.79 Å². The van der Waals surface area contributed by atoms with Crippen LogP contribution < -0.4 is 14.8 Å². The molecule has 0 bridgehead atoms. The standard InChI is InChI=1S/C19H16Cl2N2O3S/c1-3-26-17-14(20)8-11(9-15(17)21)10-16-18(24)23-19(27-16)22-12-4-6-13(25-2)7-5-12/h4-10H,3H2,1-2H3,(H,22,23,24)/b16-10+. The minimum atomic E-state index is -0.228. The molecule has 140 valence electrons. The molecule has 3 rings (SSSR count). The number of amidine groups is 1. The molecule has 0 radical (unpaired) electrons. The molecule has 1 fully saturated rings. The summed E-state index contributed by atoms with van der Waals surface area (Å²) in [5.74, 6) is 0.952. The van der Waals surface area contributed by atoms with Gasteiger partial charge in [0.15, 0.2) is 10.9 Å². The first kappa shape index (κ1) is 19.6. The molecule has 0 saturated carbocycles. The molecule has 5 nitrogen and oxygen atoms in total. The molecular weight excluding hydrogens is 407 g/mol. The van der Waals surface area contributed by atoms with Crippen molar-refractivity contribution < 1.29 is 14.3 Å². The summed E-state index contributed by atoms with van der Waals surface area (Å²) in [6.07, 6.45) is 1.71. The Kier molecular flexibility index (Phi) is 6.31. The molecule has 1 N–H and O–H groups in total. The lowest BCUT2D eigenvalue weighted by molar-refractivity contribution is -0.115. The maximum absolute atomic E-state index is 12.2. The highest BCUT2D eigenvalue weighted by molar-refractivity contribution is 8.18. The van der Waals surface area contributed by atoms with Crippen molar-refractivity contribution in [1.82, 2.24) is 5.32 Å². The molecule has 0 unspecified atom stereocenters. The second kappa shape index (κ2) is 8.69. The predicted octanol–water partition coefficient (Wildman–Crippen LogP) is 5.29. The highest BCUT2D eigenvalue weighted by Crippen LogP contribution is 2.36. The summed E-state index contributed by atoms with van der Waals surface area (Å²) in [6, 6.07) is 10.7. The lowest BCUT2D eigenvalue weighted by Gasteiger charge is -2.08. The van der Waals surface area contributed by atoms with Gasteiger partial charge in [0.25, 0.3) is 5.91 Å². The molecule has 2 aromatic rings. The van der Waals surface area contributed by atoms with Gasteiger partial charge in [-0.05, 0) is 66.7 Å². The Hall–Kier alpha value is -2.15. The van der Waals surface area contributed by atoms with E-state index in [1.807, 2.05) is 31.2 Å². The molecule has 1 heterocycles. The number of benzene rings is 2. The Morgan fingerprint density at radius 2 is 1.85 bits per heavy atom. The molecule has 0 atom stereocenters. The number of hydrogen-bond donors (Lipinski definition) is 1. The van der Waals surface area contributed by atoms with Crippen molar-refractivity contribution in [3.8, 4) is 11.5 Å². The van der Waals surface area contributed by atoms with E-state index < -0.39 is 0 Å². The van der Waals surface area contributed by atoms with Gasteiger partial charge < -0.3 is 14.8 Å². The smallest absolute Gasteiger partial charge is 0.264 e. The van der Waals surface area contributed by atoms with Gasteiger partial charge in [0, 0.05) is 0 Å². The number of nitrogens with one attached hydrogen (secondary N) is 1. The zero-order valence-electron chi connectivity index (χ0n) is 14.6. The fraction of sp³-hybridized carbons (Fsp3) is 0.158. The van der Waals surface area contributed by atoms with Gasteiger partial charge in [0.2, 0.25) is 0 Å². The van der Waals surface area contributed by atoms with E-state index in [1.54, 1.807) is 25.3 Å². The minimum absolute atomic E-state index is 0.228. The molecule has 0 spiro atoms. The summed E-state index contributed by atoms with van der Waals surface area (Å²) in [4.78, 5) is 17.2. The number of nitrogens with zero attached hydrogens (tertiary/aromatic N) is 1. The topological polar surface area (TPSA) is 59.9 Å². The number of halogens is 2. The van der Waals surface area contributed by atoms with Crippen LogP contribution in [0.1, 0.15) is 12.5 Å². The first-order valence-corrected chi connectivity index (χ1v) is 9.63. The SMILES string of the molecule is CCOc1c(Cl)cc(/C=C2/SC(=Nc3ccc(OC)cc3)NC2=O)cc1Cl. The van der Waals surface area contributed by atoms with Gasteiger partial charge in [-0.1, -0.05) is 23.2 Å². The fourth-order valence-electron chi connectivity index (χ4n) is 2.35. The summed E-state index contributed by atoms with van der Waals surface area (Å²) in [6.45, 7) is 2.31. The number of rotatable bonds is 5. The second-order valence-corrected chi connectivity index (χ2v) is 7.27. The number of hydrogen-bond acceptors (Lipinski definition) is 5. The maximum atomic E-state index is 12.2. The first-order valence-electron chi connectivity index (χ1n) is 8.05. The average Bonchev–Trinajstić information content (AvgIpc) is 2.98. The monoisotopic (exact) mass is 422 g/mol. The zero-order chi connectivity index (χ0) is 19.4. The van der Waals surface area contributed by atoms with Gasteiger partial charge in [-0.3, -0.25) is 4.79 Å². The van der Waals surface area contributed by atoms with Crippen molar-refractivity contribution in [2.45, 2.75) is 6.92 Å². The van der Waals surface area contributed by atoms with E-state index in [0.29, 0.717) is 43.7 Å². The van der Waals surface area contributed by atoms with E-state index in [-0.39, 0.29) is 5.91 Å². The van der Waals surface area contributed by atoms with Gasteiger partial charge in [0.1, 0.15) is 5.75 Å². The van der Waals surface area contributed by atoms with Crippen molar-refractivity contribution >= 4 is 57.8 Å². The Bertz CT molecular complexity index is 904. The van der Waals surface area contributed by atoms with Crippen molar-refractivity contribution in [3.63, 3.8) is 0 Å². The van der Waals surface area contributed by atoms with Crippen LogP contribution in [0.3, 0.4) is 0 Å². The van der Waals surface area contributed by atoms with E-state index in [0.717, 1.165) is 5.75 Å². The third-order valence-electron chi connectivity index (χ3n) is 3.56. The Morgan fingerprint density at radius 3 is 2.44 bits per heavy atom. The number of carbonyl (C=O) groups excluding carboxylic acids is 1. The Labute approximate surface area is 171 Å². The first-order chi connectivity index (χ1) is 13.0. The molecule has 1 saturated heterocycles. The second-order valence-electron chi connectivity index (χ2n) is 5.43. The molecule has 2 aromatic carbocycles. The summed E-state index contributed by atoms with van der Waals surface area (Å²) in [5.41, 5.74) is 1.42. The summed E-state index contributed by atoms with van der Waals surface area (Å²) in [7, 11) is 1.60. The number of aliphatic imine (C=N–C) groups is 1. The highest BCUT2D eigenvalue weighted by atomic mass is 35.5. The van der Waals surface area contributed by atoms with Crippen molar-refractivity contribution in [1.29, 1.82) is 0 Å². The van der Waals surface area contributed by atoms with Crippen molar-refractivity contribution in [3.05, 3.63) is 56.9 Å². The lowest BCUT2D eigenvalue weighted by Crippen LogP contribution is -2.19. The van der Waals surface area contributed by atoms with Crippen LogP contribution in [0, 0.1) is 0 Å². The highest BCUT2D eigenvalue weighted by Gasteiger charge is 2.24. The average molecular weight is 423 g/mol. The third kappa shape index (κ3) is 4.77. The summed E-state index contributed by atoms with van der Waals surface area (Å²) >= 11 is 13.7. The van der Waals surface area contributed by atoms with Crippen LogP contribution in [0.25, 0.3) is 6.08 Å². The largest absolute Gasteiger partial charge is 0.497 e. The van der Waals surface area contributed by atoms with E-state index in [1.165, 1.54) is 11.8 Å². The Balaban J connectivity index is 1.81. The quantitative estimate of drug-likeness (QED) is 0.664. The number of methoxy groups -OCH3 is 1. The summed E-state index contributed by atoms with van der Waals surface area (Å²) in [5, 5.41) is 4.04. The molecule has 8 heteroatoms. The number of ether oxygens (including phenoxy) is 2. The van der Waals surface area contributed by atoms with Gasteiger partial charge in [-0.15, -0.1) is 0 Å². The van der Waals surface area contributed by atoms with Gasteiger partial charge in [-0.2, -0.15) is 0 Å². The predicted molar refractivity (Wildman–Crippen MR) is 111 cm³/mol. The van der Waals surface area contributed by atoms with E-state index in [2.05, 4.69) is 10.3 Å². The van der Waals surface area contributed by atoms with Crippen LogP contribution in [-0.4, -0.2) is 24.8 Å². The third-order valence-corrected chi connectivity index (χ3v) is 5.03. The molecule has 27 heavy (non-hydrogen) atoms. The maximum Gasteiger partial charge on any atom is 0.264 e. The van der Waals surface area contributed by atoms with Gasteiger partial charge in [0.05, 0.1) is 34.4 Å². The van der Waals surface area contributed by atoms with Crippen LogP contribution >= 0.6 is 35.0 Å². The fourth-order valence-corrected chi connectivity index (χ4v) is 3.81. The van der Waals surface area contributed by atoms with Gasteiger partial charge >= 0.3 is 0 Å². The minimum Gasteiger partial charge on any atom is -0.497 e. The number of amides is 1. The van der Waals surface area contributed by atoms with Crippen molar-refractivity contribution in [2.75, 3.05) is 13.7 Å². The lowest BCUT2D eigenvalue weighted by atomic mass is 10.2. The number of carbonyl (C=O) groups is 1. The van der Waals surface area contributed by atoms with Crippen molar-refractivity contribution in [2.24, 2.45) is 4.99 Å². The van der Waals surface area contributed by atoms with Crippen LogP contribution in [0.2, 0.25) is 10.0 Å². The van der Waals surface area contributed by atoms with E-state index in [4.69, 9.17) is 32.7 Å². The number of thioether (sulfide) groups is 1. The molecular formula is C19H16Cl2N2O3S.